The fourth-order valence-electron chi connectivity index (χ4n) is 10.0. The molecule has 0 atom stereocenters. The summed E-state index contributed by atoms with van der Waals surface area (Å²) in [4.78, 5) is 0. The van der Waals surface area contributed by atoms with Crippen LogP contribution in [0, 0.1) is 13.8 Å². The van der Waals surface area contributed by atoms with Crippen molar-refractivity contribution in [2.75, 3.05) is 0 Å². The van der Waals surface area contributed by atoms with Crippen molar-refractivity contribution in [3.63, 3.8) is 0 Å². The van der Waals surface area contributed by atoms with Crippen LogP contribution in [0.25, 0.3) is 110 Å². The second kappa shape index (κ2) is 13.4. The molecule has 0 saturated carbocycles. The van der Waals surface area contributed by atoms with Crippen LogP contribution in [0.4, 0.5) is 0 Å². The predicted molar refractivity (Wildman–Crippen MR) is 256 cm³/mol. The molecule has 60 heavy (non-hydrogen) atoms. The van der Waals surface area contributed by atoms with Gasteiger partial charge in [-0.15, -0.1) is 0 Å². The third-order valence-corrected chi connectivity index (χ3v) is 12.8. The average Bonchev–Trinajstić information content (AvgIpc) is 3.81. The fourth-order valence-corrected chi connectivity index (χ4v) is 10.0. The molecule has 282 valence electrons. The Morgan fingerprint density at radius 2 is 0.600 bits per heavy atom. The molecule has 0 aliphatic heterocycles. The highest BCUT2D eigenvalue weighted by atomic mass is 15.0. The normalized spacial score (nSPS) is 11.8. The Bertz CT molecular complexity index is 3440. The Kier molecular flexibility index (Phi) is 7.70. The van der Waals surface area contributed by atoms with Gasteiger partial charge in [-0.05, 0) is 118 Å². The average molecular weight is 765 g/mol. The molecule has 2 heterocycles. The van der Waals surface area contributed by atoms with E-state index in [2.05, 4.69) is 229 Å². The monoisotopic (exact) mass is 764 g/mol. The molecular formula is C58H40N2. The number of para-hydroxylation sites is 2. The minimum atomic E-state index is 1.18. The topological polar surface area (TPSA) is 9.86 Å². The zero-order valence-electron chi connectivity index (χ0n) is 33.5. The summed E-state index contributed by atoms with van der Waals surface area (Å²) >= 11 is 0. The number of rotatable bonds is 5. The van der Waals surface area contributed by atoms with E-state index >= 15 is 0 Å². The summed E-state index contributed by atoms with van der Waals surface area (Å²) in [6.45, 7) is 4.39. The first-order valence-corrected chi connectivity index (χ1v) is 20.9. The molecule has 0 fully saturated rings. The Morgan fingerprint density at radius 3 is 1.03 bits per heavy atom. The molecule has 0 unspecified atom stereocenters. The highest BCUT2D eigenvalue weighted by Gasteiger charge is 2.20. The van der Waals surface area contributed by atoms with Gasteiger partial charge >= 0.3 is 0 Å². The number of hydrogen-bond acceptors (Lipinski definition) is 0. The van der Waals surface area contributed by atoms with E-state index in [0.29, 0.717) is 0 Å². The van der Waals surface area contributed by atoms with Crippen LogP contribution in [0.15, 0.2) is 206 Å². The summed E-state index contributed by atoms with van der Waals surface area (Å²) in [5.74, 6) is 0. The van der Waals surface area contributed by atoms with E-state index in [0.717, 1.165) is 0 Å². The van der Waals surface area contributed by atoms with Crippen LogP contribution in [0.2, 0.25) is 0 Å². The lowest BCUT2D eigenvalue weighted by Crippen LogP contribution is -1.98. The van der Waals surface area contributed by atoms with Gasteiger partial charge in [-0.3, -0.25) is 0 Å². The molecule has 0 saturated heterocycles. The minimum Gasteiger partial charge on any atom is -0.309 e. The van der Waals surface area contributed by atoms with Crippen molar-refractivity contribution < 1.29 is 0 Å². The van der Waals surface area contributed by atoms with Crippen LogP contribution in [-0.4, -0.2) is 9.13 Å². The number of fused-ring (bicyclic) bond motifs is 8. The van der Waals surface area contributed by atoms with E-state index in [1.807, 2.05) is 0 Å². The molecule has 12 rings (SSSR count). The van der Waals surface area contributed by atoms with Gasteiger partial charge in [0, 0.05) is 32.3 Å². The van der Waals surface area contributed by atoms with Gasteiger partial charge in [0.1, 0.15) is 0 Å². The van der Waals surface area contributed by atoms with Gasteiger partial charge in [-0.25, -0.2) is 0 Å². The molecular weight excluding hydrogens is 725 g/mol. The molecule has 12 aromatic rings. The van der Waals surface area contributed by atoms with E-state index in [1.165, 1.54) is 121 Å². The molecule has 0 amide bonds. The second-order valence-corrected chi connectivity index (χ2v) is 16.2. The quantitative estimate of drug-likeness (QED) is 0.165. The molecule has 0 N–H and O–H groups in total. The zero-order chi connectivity index (χ0) is 39.9. The van der Waals surface area contributed by atoms with Gasteiger partial charge in [0.2, 0.25) is 0 Å². The van der Waals surface area contributed by atoms with Crippen LogP contribution >= 0.6 is 0 Å². The first-order valence-electron chi connectivity index (χ1n) is 20.9. The smallest absolute Gasteiger partial charge is 0.0541 e. The molecule has 0 aliphatic carbocycles. The van der Waals surface area contributed by atoms with Crippen molar-refractivity contribution in [2.24, 2.45) is 0 Å². The lowest BCUT2D eigenvalue weighted by Gasteiger charge is -2.18. The number of nitrogens with zero attached hydrogens (tertiary/aromatic N) is 2. The van der Waals surface area contributed by atoms with Crippen molar-refractivity contribution in [3.8, 4) is 44.8 Å². The second-order valence-electron chi connectivity index (χ2n) is 16.2. The summed E-state index contributed by atoms with van der Waals surface area (Å²) in [6.07, 6.45) is 0. The summed E-state index contributed by atoms with van der Waals surface area (Å²) in [5, 5.41) is 9.95. The van der Waals surface area contributed by atoms with E-state index in [1.54, 1.807) is 0 Å². The predicted octanol–water partition coefficient (Wildman–Crippen LogP) is 15.8. The van der Waals surface area contributed by atoms with Gasteiger partial charge in [-0.2, -0.15) is 0 Å². The largest absolute Gasteiger partial charge is 0.309 e. The molecule has 2 aromatic heterocycles. The van der Waals surface area contributed by atoms with E-state index in [-0.39, 0.29) is 0 Å². The Morgan fingerprint density at radius 1 is 0.250 bits per heavy atom. The number of aromatic nitrogens is 2. The standard InChI is InChI=1S/C58H40N2/c1-37-15-3-5-17-41(37)39-27-31-57-51(35-39)49-23-11-13-25-53(49)59(57)55-33-29-45(43-19-7-9-21-47(43)55)46-30-34-56(48-22-10-8-20-44(46)48)60-54-26-14-12-24-50(54)52-36-40(28-32-58(52)60)42-18-6-4-16-38(42)2/h3-36H,1-2H3. The first kappa shape index (κ1) is 34.4. The lowest BCUT2D eigenvalue weighted by molar-refractivity contribution is 1.20. The van der Waals surface area contributed by atoms with Gasteiger partial charge < -0.3 is 9.13 Å². The van der Waals surface area contributed by atoms with E-state index < -0.39 is 0 Å². The van der Waals surface area contributed by atoms with Crippen molar-refractivity contribution in [1.82, 2.24) is 9.13 Å². The third-order valence-electron chi connectivity index (χ3n) is 12.8. The molecule has 10 aromatic carbocycles. The third kappa shape index (κ3) is 5.14. The lowest BCUT2D eigenvalue weighted by atomic mass is 9.92. The Labute approximate surface area is 348 Å². The van der Waals surface area contributed by atoms with E-state index in [9.17, 15) is 0 Å². The van der Waals surface area contributed by atoms with Gasteiger partial charge in [-0.1, -0.05) is 158 Å². The first-order chi connectivity index (χ1) is 29.6. The molecule has 0 bridgehead atoms. The fraction of sp³-hybridized carbons (Fsp3) is 0.0345. The van der Waals surface area contributed by atoms with Crippen LogP contribution in [0.1, 0.15) is 11.1 Å². The zero-order valence-corrected chi connectivity index (χ0v) is 33.5. The summed E-state index contributed by atoms with van der Waals surface area (Å²) in [7, 11) is 0. The van der Waals surface area contributed by atoms with Crippen molar-refractivity contribution in [2.45, 2.75) is 13.8 Å². The molecule has 2 heteroatoms. The highest BCUT2D eigenvalue weighted by molar-refractivity contribution is 6.16. The maximum atomic E-state index is 2.46. The Hall–Kier alpha value is -7.68. The summed E-state index contributed by atoms with van der Waals surface area (Å²) < 4.78 is 4.93. The molecule has 2 nitrogen and oxygen atoms in total. The summed E-state index contributed by atoms with van der Waals surface area (Å²) in [5.41, 5.74) is 17.2. The van der Waals surface area contributed by atoms with Crippen LogP contribution in [0.3, 0.4) is 0 Å². The SMILES string of the molecule is Cc1ccccc1-c1ccc2c(c1)c1ccccc1n2-c1ccc(-c2ccc(-n3c4ccccc4c4cc(-c5ccccc5C)ccc43)c3ccccc23)c2ccccc12. The molecule has 0 aliphatic rings. The van der Waals surface area contributed by atoms with Crippen molar-refractivity contribution in [3.05, 3.63) is 217 Å². The van der Waals surface area contributed by atoms with Crippen molar-refractivity contribution in [1.29, 1.82) is 0 Å². The maximum absolute atomic E-state index is 2.46. The Balaban J connectivity index is 1.05. The van der Waals surface area contributed by atoms with Crippen LogP contribution < -0.4 is 0 Å². The number of benzene rings is 10. The van der Waals surface area contributed by atoms with Crippen LogP contribution in [0.5, 0.6) is 0 Å². The number of hydrogen-bond donors (Lipinski definition) is 0. The molecule has 0 spiro atoms. The van der Waals surface area contributed by atoms with Gasteiger partial charge in [0.15, 0.2) is 0 Å². The van der Waals surface area contributed by atoms with Crippen molar-refractivity contribution >= 4 is 65.2 Å². The number of aryl methyl sites for hydroxylation is 2. The molecule has 0 radical (unpaired) electrons. The van der Waals surface area contributed by atoms with Gasteiger partial charge in [0.25, 0.3) is 0 Å². The highest BCUT2D eigenvalue weighted by Crippen LogP contribution is 2.43. The maximum Gasteiger partial charge on any atom is 0.0541 e. The minimum absolute atomic E-state index is 1.18. The van der Waals surface area contributed by atoms with Crippen LogP contribution in [-0.2, 0) is 0 Å². The van der Waals surface area contributed by atoms with E-state index in [4.69, 9.17) is 0 Å². The van der Waals surface area contributed by atoms with Gasteiger partial charge in [0.05, 0.1) is 33.4 Å². The summed E-state index contributed by atoms with van der Waals surface area (Å²) in [6, 6.07) is 76.2.